The van der Waals surface area contributed by atoms with E-state index in [0.29, 0.717) is 126 Å². The topological polar surface area (TPSA) is 436 Å². The standard InChI is InChI=1S/C31H44N4O8.C31H40N4O8.C16H18ClN3O4.C16H24O4/c2*1-31(2,3)26(28(36)37)34-30(39)43-25-14-18(25)10-8-7-9-11-22-27(33-23-15-19(40-5)12-13-21(23)32-22)42-20-16-24(29(38)41-6)35(4)17-20;1-20-8-10(7-13(20)16(21)23-3)24-15-14(17)18-11-5-4-9(22-2)6-12(11)19-15;1-5-6-7-8-11-9-13(11)20-14(17)10-12(15(18)19)16(2,3)4/h12-13,15,18,20,24-26H,7-11,14,16-17H2,1-6H3,(H,34,39)(H,36,37);12-13,15,18,20,24-26H,7-8,10,14,16-17H2,1-6H3,(H,34,39)(H,36,37);4-6,10,13H,7-8H2,1-3H3;1,11-13H,6-10H2,2-4H3,(H,18,19)/t2*18-,20-,24+,25-,26-;10-,13+;11-,12-,13-/m1111/s1. The van der Waals surface area contributed by atoms with Gasteiger partial charge in [-0.3, -0.25) is 38.7 Å². The molecule has 0 radical (unpaired) electrons. The molecule has 708 valence electrons. The summed E-state index contributed by atoms with van der Waals surface area (Å²) < 4.78 is 65.2. The van der Waals surface area contributed by atoms with Crippen molar-refractivity contribution < 1.29 is 115 Å². The molecule has 6 aromatic rings. The van der Waals surface area contributed by atoms with Crippen molar-refractivity contribution >= 4 is 98.7 Å². The van der Waals surface area contributed by atoms with E-state index in [1.807, 2.05) is 80.9 Å². The van der Waals surface area contributed by atoms with Gasteiger partial charge in [-0.2, -0.15) is 0 Å². The molecule has 6 fully saturated rings. The number of aliphatic carboxylic acids is 3. The van der Waals surface area contributed by atoms with E-state index in [0.717, 1.165) is 88.3 Å². The van der Waals surface area contributed by atoms with Gasteiger partial charge in [0.25, 0.3) is 5.88 Å². The number of esters is 4. The average molecular weight is 1830 g/mol. The number of terminal acetylenes is 1. The van der Waals surface area contributed by atoms with Crippen molar-refractivity contribution in [2.24, 2.45) is 39.9 Å². The number of carbonyl (C=O) groups excluding carboxylic acids is 6. The van der Waals surface area contributed by atoms with Gasteiger partial charge in [0.2, 0.25) is 11.8 Å². The van der Waals surface area contributed by atoms with Crippen LogP contribution in [0.5, 0.6) is 34.9 Å². The second kappa shape index (κ2) is 46.4. The van der Waals surface area contributed by atoms with E-state index in [-0.39, 0.29) is 90.0 Å². The van der Waals surface area contributed by atoms with Crippen LogP contribution in [0.2, 0.25) is 5.15 Å². The molecular weight excluding hydrogens is 1700 g/mol. The number of halogens is 1. The lowest BCUT2D eigenvalue weighted by Crippen LogP contribution is -2.49. The van der Waals surface area contributed by atoms with E-state index >= 15 is 0 Å². The van der Waals surface area contributed by atoms with Crippen molar-refractivity contribution in [2.45, 2.75) is 245 Å². The predicted molar refractivity (Wildman–Crippen MR) is 479 cm³/mol. The molecule has 35 nitrogen and oxygen atoms in total. The third-order valence-electron chi connectivity index (χ3n) is 23.6. The largest absolute Gasteiger partial charge is 0.497 e. The van der Waals surface area contributed by atoms with E-state index in [1.165, 1.54) is 21.3 Å². The molecule has 3 aromatic heterocycles. The zero-order valence-corrected chi connectivity index (χ0v) is 78.4. The van der Waals surface area contributed by atoms with Crippen molar-refractivity contribution in [3.05, 3.63) is 71.1 Å². The molecule has 6 heterocycles. The SMILES string of the molecule is C#CCCC[C@@H]1C[C@H]1OC(=O)C[C@H](C(=O)O)C(C)(C)C.COC(=O)[C@@H]1C[C@@H](Oc2nc3cc(OC)ccc3nc2C#CCCC[C@@H]2C[C@H]2OC(=O)N[C@H](C(=O)O)C(C)(C)C)CN1C.COC(=O)[C@@H]1C[C@@H](Oc2nc3cc(OC)ccc3nc2CCCCC[C@@H]2C[C@H]2OC(=O)N[C@H](C(=O)O)C(C)(C)C)CN1C.COC(=O)[C@@H]1C[C@@H](Oc2nc3cc(OC)ccc3nc2Cl)CN1C. The van der Waals surface area contributed by atoms with Gasteiger partial charge in [0.1, 0.15) is 89.8 Å². The Morgan fingerprint density at radius 1 is 0.469 bits per heavy atom. The number of aromatic nitrogens is 6. The number of hydrogen-bond donors (Lipinski definition) is 5. The van der Waals surface area contributed by atoms with Crippen LogP contribution in [0, 0.1) is 64.1 Å². The highest BCUT2D eigenvalue weighted by Crippen LogP contribution is 2.42. The van der Waals surface area contributed by atoms with E-state index in [2.05, 4.69) is 38.4 Å². The summed E-state index contributed by atoms with van der Waals surface area (Å²) >= 11 is 6.18. The molecule has 0 unspecified atom stereocenters. The van der Waals surface area contributed by atoms with Gasteiger partial charge in [-0.15, -0.1) is 12.3 Å². The monoisotopic (exact) mass is 1830 g/mol. The van der Waals surface area contributed by atoms with Crippen molar-refractivity contribution in [3.8, 4) is 59.1 Å². The van der Waals surface area contributed by atoms with Crippen LogP contribution in [0.4, 0.5) is 9.59 Å². The van der Waals surface area contributed by atoms with Gasteiger partial charge in [0, 0.05) is 69.9 Å². The highest BCUT2D eigenvalue weighted by molar-refractivity contribution is 6.31. The Bertz CT molecular complexity index is 5080. The maximum Gasteiger partial charge on any atom is 0.408 e. The Labute approximate surface area is 763 Å². The number of likely N-dealkylation sites (N-methyl/N-ethyl adjacent to an activating group) is 3. The molecule has 12 rings (SSSR count). The molecule has 3 saturated carbocycles. The van der Waals surface area contributed by atoms with Gasteiger partial charge >= 0.3 is 54.0 Å². The number of carboxylic acid groups (broad SMARTS) is 3. The second-order valence-electron chi connectivity index (χ2n) is 36.9. The maximum atomic E-state index is 12.2. The van der Waals surface area contributed by atoms with Gasteiger partial charge < -0.3 is 82.8 Å². The van der Waals surface area contributed by atoms with Crippen molar-refractivity contribution in [3.63, 3.8) is 0 Å². The van der Waals surface area contributed by atoms with E-state index in [4.69, 9.17) is 94.8 Å². The lowest BCUT2D eigenvalue weighted by molar-refractivity contribution is -0.156. The average Bonchev–Trinajstić information content (AvgIpc) is 1.56. The summed E-state index contributed by atoms with van der Waals surface area (Å²) in [5, 5.41) is 33.1. The number of ether oxygens (including phenoxy) is 12. The normalized spacial score (nSPS) is 22.2. The molecular formula is C94H126ClN11O24. The number of carbonyl (C=O) groups is 9. The lowest BCUT2D eigenvalue weighted by Gasteiger charge is -2.27. The van der Waals surface area contributed by atoms with Crippen molar-refractivity contribution in [1.29, 1.82) is 0 Å². The zero-order chi connectivity index (χ0) is 95.2. The van der Waals surface area contributed by atoms with Crippen molar-refractivity contribution in [1.82, 2.24) is 55.2 Å². The molecule has 130 heavy (non-hydrogen) atoms. The zero-order valence-electron chi connectivity index (χ0n) is 77.6. The summed E-state index contributed by atoms with van der Waals surface area (Å²) in [6.45, 7) is 17.7. The van der Waals surface area contributed by atoms with Gasteiger partial charge in [-0.1, -0.05) is 92.7 Å². The van der Waals surface area contributed by atoms with Crippen molar-refractivity contribution in [2.75, 3.05) is 83.4 Å². The molecule has 3 aromatic carbocycles. The summed E-state index contributed by atoms with van der Waals surface area (Å²) in [6, 6.07) is 13.2. The Morgan fingerprint density at radius 3 is 1.27 bits per heavy atom. The number of amides is 2. The summed E-state index contributed by atoms with van der Waals surface area (Å²) in [7, 11) is 14.5. The summed E-state index contributed by atoms with van der Waals surface area (Å²) in [4.78, 5) is 140. The number of nitrogens with one attached hydrogen (secondary N) is 2. The third-order valence-corrected chi connectivity index (χ3v) is 23.9. The summed E-state index contributed by atoms with van der Waals surface area (Å²) in [6.07, 6.45) is 15.8. The Morgan fingerprint density at radius 2 is 0.862 bits per heavy atom. The van der Waals surface area contributed by atoms with Crippen LogP contribution in [-0.4, -0.2) is 264 Å². The fraction of sp³-hybridized carbons (Fsp3) is 0.606. The highest BCUT2D eigenvalue weighted by atomic mass is 35.5. The van der Waals surface area contributed by atoms with Crippen LogP contribution in [0.25, 0.3) is 33.1 Å². The minimum Gasteiger partial charge on any atom is -0.497 e. The van der Waals surface area contributed by atoms with Gasteiger partial charge in [0.05, 0.1) is 88.1 Å². The first-order valence-electron chi connectivity index (χ1n) is 43.9. The van der Waals surface area contributed by atoms with Crippen LogP contribution in [-0.2, 0) is 68.4 Å². The van der Waals surface area contributed by atoms with Crippen LogP contribution in [0.1, 0.15) is 183 Å². The fourth-order valence-electron chi connectivity index (χ4n) is 15.7. The molecule has 15 atom stereocenters. The first-order valence-corrected chi connectivity index (χ1v) is 44.2. The summed E-state index contributed by atoms with van der Waals surface area (Å²) in [5.74, 6) is 7.72. The van der Waals surface area contributed by atoms with Gasteiger partial charge in [0.15, 0.2) is 10.8 Å². The first kappa shape index (κ1) is 102. The molecule has 0 bridgehead atoms. The van der Waals surface area contributed by atoms with Crippen LogP contribution in [0.3, 0.4) is 0 Å². The Kier molecular flexibility index (Phi) is 36.5. The van der Waals surface area contributed by atoms with Gasteiger partial charge in [-0.05, 0) is 162 Å². The molecule has 5 N–H and O–H groups in total. The number of hydrogen-bond acceptors (Lipinski definition) is 30. The number of fused-ring (bicyclic) bond motifs is 3. The van der Waals surface area contributed by atoms with E-state index < -0.39 is 76.4 Å². The number of carboxylic acids is 3. The number of rotatable bonds is 34. The number of methoxy groups -OCH3 is 6. The highest BCUT2D eigenvalue weighted by Gasteiger charge is 2.46. The number of aryl methyl sites for hydroxylation is 1. The molecule has 36 heteroatoms. The molecule has 6 aliphatic rings. The van der Waals surface area contributed by atoms with Crippen LogP contribution < -0.4 is 39.1 Å². The second-order valence-corrected chi connectivity index (χ2v) is 37.3. The third kappa shape index (κ3) is 29.8. The van der Waals surface area contributed by atoms with E-state index in [1.54, 1.807) is 93.2 Å². The minimum atomic E-state index is -1.10. The molecule has 3 saturated heterocycles. The maximum absolute atomic E-state index is 12.2. The molecule has 3 aliphatic heterocycles. The number of likely N-dealkylation sites (tertiary alicyclic amines) is 3. The lowest BCUT2D eigenvalue weighted by atomic mass is 9.79. The predicted octanol–water partition coefficient (Wildman–Crippen LogP) is 12.2. The number of benzene rings is 3. The number of alkyl carbamates (subject to hydrolysis) is 2. The van der Waals surface area contributed by atoms with Crippen LogP contribution in [0.15, 0.2) is 54.6 Å². The van der Waals surface area contributed by atoms with E-state index in [9.17, 15) is 58.5 Å². The minimum absolute atomic E-state index is 0.0327. The van der Waals surface area contributed by atoms with Crippen LogP contribution >= 0.6 is 11.6 Å². The first-order chi connectivity index (χ1) is 61.5. The Hall–Kier alpha value is -11.4. The number of nitrogens with zero attached hydrogens (tertiary/aromatic N) is 9. The molecule has 2 amide bonds. The smallest absolute Gasteiger partial charge is 0.408 e. The quantitative estimate of drug-likeness (QED) is 0.0108. The Balaban J connectivity index is 0.000000205. The van der Waals surface area contributed by atoms with Gasteiger partial charge in [-0.25, -0.2) is 49.1 Å². The summed E-state index contributed by atoms with van der Waals surface area (Å²) in [5.41, 5.74) is 3.45. The molecule has 3 aliphatic carbocycles. The fourth-order valence-corrected chi connectivity index (χ4v) is 15.9. The molecule has 0 spiro atoms. The number of unbranched alkanes of at least 4 members (excludes halogenated alkanes) is 4.